The van der Waals surface area contributed by atoms with Crippen LogP contribution in [0.2, 0.25) is 0 Å². The van der Waals surface area contributed by atoms with Crippen molar-refractivity contribution < 1.29 is 4.21 Å². The van der Waals surface area contributed by atoms with E-state index in [9.17, 15) is 4.21 Å². The van der Waals surface area contributed by atoms with E-state index in [1.54, 1.807) is 6.26 Å². The van der Waals surface area contributed by atoms with E-state index in [0.717, 1.165) is 0 Å². The maximum absolute atomic E-state index is 10.7. The number of anilines is 1. The van der Waals surface area contributed by atoms with Gasteiger partial charge >= 0.3 is 0 Å². The quantitative estimate of drug-likeness (QED) is 0.764. The van der Waals surface area contributed by atoms with Gasteiger partial charge in [-0.3, -0.25) is 4.21 Å². The van der Waals surface area contributed by atoms with Crippen LogP contribution in [-0.2, 0) is 10.8 Å². The van der Waals surface area contributed by atoms with Crippen molar-refractivity contribution in [3.05, 3.63) is 18.0 Å². The van der Waals surface area contributed by atoms with Crippen LogP contribution >= 0.6 is 0 Å². The third kappa shape index (κ3) is 3.49. The van der Waals surface area contributed by atoms with Gasteiger partial charge in [0.15, 0.2) is 0 Å². The maximum Gasteiger partial charge on any atom is 0.223 e. The van der Waals surface area contributed by atoms with Crippen molar-refractivity contribution in [1.82, 2.24) is 9.97 Å². The molecule has 0 radical (unpaired) electrons. The summed E-state index contributed by atoms with van der Waals surface area (Å²) < 4.78 is 10.7. The zero-order valence-electron chi connectivity index (χ0n) is 7.73. The van der Waals surface area contributed by atoms with Crippen LogP contribution in [0.4, 0.5) is 5.95 Å². The lowest BCUT2D eigenvalue weighted by molar-refractivity contribution is 0.687. The van der Waals surface area contributed by atoms with E-state index in [0.29, 0.717) is 23.9 Å². The van der Waals surface area contributed by atoms with E-state index in [1.165, 1.54) is 12.3 Å². The van der Waals surface area contributed by atoms with Crippen molar-refractivity contribution in [3.63, 3.8) is 0 Å². The van der Waals surface area contributed by atoms with Gasteiger partial charge in [-0.25, -0.2) is 9.97 Å². The maximum atomic E-state index is 10.7. The zero-order valence-corrected chi connectivity index (χ0v) is 8.54. The largest absolute Gasteiger partial charge is 0.353 e. The molecular weight excluding hydrogens is 200 g/mol. The van der Waals surface area contributed by atoms with Crippen molar-refractivity contribution in [2.45, 2.75) is 0 Å². The van der Waals surface area contributed by atoms with Gasteiger partial charge in [0.2, 0.25) is 5.95 Å². The lowest BCUT2D eigenvalue weighted by atomic mass is 10.4. The second-order valence-electron chi connectivity index (χ2n) is 2.58. The summed E-state index contributed by atoms with van der Waals surface area (Å²) in [6, 6.07) is 3.45. The smallest absolute Gasteiger partial charge is 0.223 e. The van der Waals surface area contributed by atoms with Gasteiger partial charge in [0.05, 0.1) is 0 Å². The van der Waals surface area contributed by atoms with Gasteiger partial charge in [-0.2, -0.15) is 5.26 Å². The molecule has 0 amide bonds. The van der Waals surface area contributed by atoms with E-state index in [2.05, 4.69) is 15.3 Å². The zero-order chi connectivity index (χ0) is 10.4. The minimum atomic E-state index is -0.829. The molecule has 74 valence electrons. The summed E-state index contributed by atoms with van der Waals surface area (Å²) in [4.78, 5) is 7.82. The first-order chi connectivity index (χ1) is 6.72. The Morgan fingerprint density at radius 3 is 3.14 bits per heavy atom. The van der Waals surface area contributed by atoms with Crippen LogP contribution in [0.1, 0.15) is 5.69 Å². The van der Waals surface area contributed by atoms with Crippen molar-refractivity contribution in [2.75, 3.05) is 23.9 Å². The molecule has 0 spiro atoms. The lowest BCUT2D eigenvalue weighted by Gasteiger charge is -2.02. The molecule has 0 aliphatic heterocycles. The highest BCUT2D eigenvalue weighted by Gasteiger charge is 1.97. The molecule has 14 heavy (non-hydrogen) atoms. The van der Waals surface area contributed by atoms with E-state index >= 15 is 0 Å². The average molecular weight is 210 g/mol. The number of nitrogens with zero attached hydrogens (tertiary/aromatic N) is 3. The van der Waals surface area contributed by atoms with Gasteiger partial charge in [0.25, 0.3) is 0 Å². The van der Waals surface area contributed by atoms with Crippen molar-refractivity contribution in [1.29, 1.82) is 5.26 Å². The Labute approximate surface area is 84.6 Å². The Kier molecular flexibility index (Phi) is 4.01. The van der Waals surface area contributed by atoms with Crippen LogP contribution in [-0.4, -0.2) is 32.7 Å². The Balaban J connectivity index is 2.51. The van der Waals surface area contributed by atoms with E-state index < -0.39 is 10.8 Å². The third-order valence-electron chi connectivity index (χ3n) is 1.44. The van der Waals surface area contributed by atoms with Gasteiger partial charge in [0.1, 0.15) is 11.8 Å². The van der Waals surface area contributed by atoms with Gasteiger partial charge in [-0.1, -0.05) is 0 Å². The Hall–Kier alpha value is -1.48. The Morgan fingerprint density at radius 2 is 2.50 bits per heavy atom. The molecule has 0 saturated heterocycles. The standard InChI is InChI=1S/C8H10N4OS/c1-14(13)5-4-11-8-10-3-2-7(6-9)12-8/h2-3H,4-5H2,1H3,(H,10,11,12). The Morgan fingerprint density at radius 1 is 1.71 bits per heavy atom. The second-order valence-corrected chi connectivity index (χ2v) is 4.14. The minimum absolute atomic E-state index is 0.320. The molecule has 1 aromatic heterocycles. The Bertz CT molecular complexity index is 374. The highest BCUT2D eigenvalue weighted by atomic mass is 32.2. The summed E-state index contributed by atoms with van der Waals surface area (Å²) in [5.41, 5.74) is 0.320. The topological polar surface area (TPSA) is 78.7 Å². The van der Waals surface area contributed by atoms with Crippen LogP contribution in [0.5, 0.6) is 0 Å². The molecular formula is C8H10N4OS. The molecule has 0 aliphatic carbocycles. The number of hydrogen-bond acceptors (Lipinski definition) is 5. The lowest BCUT2D eigenvalue weighted by Crippen LogP contribution is -2.12. The summed E-state index contributed by atoms with van der Waals surface area (Å²) in [6.45, 7) is 0.540. The summed E-state index contributed by atoms with van der Waals surface area (Å²) >= 11 is 0. The van der Waals surface area contributed by atoms with Gasteiger partial charge in [-0.15, -0.1) is 0 Å². The minimum Gasteiger partial charge on any atom is -0.353 e. The van der Waals surface area contributed by atoms with Gasteiger partial charge in [-0.05, 0) is 6.07 Å². The van der Waals surface area contributed by atoms with Crippen molar-refractivity contribution in [2.24, 2.45) is 0 Å². The fraction of sp³-hybridized carbons (Fsp3) is 0.375. The van der Waals surface area contributed by atoms with Crippen LogP contribution in [0.3, 0.4) is 0 Å². The molecule has 0 fully saturated rings. The first-order valence-electron chi connectivity index (χ1n) is 3.99. The van der Waals surface area contributed by atoms with Gasteiger partial charge < -0.3 is 5.32 Å². The third-order valence-corrected chi connectivity index (χ3v) is 2.22. The predicted molar refractivity (Wildman–Crippen MR) is 54.2 cm³/mol. The van der Waals surface area contributed by atoms with Crippen LogP contribution in [0, 0.1) is 11.3 Å². The van der Waals surface area contributed by atoms with Gasteiger partial charge in [0, 0.05) is 35.5 Å². The number of aromatic nitrogens is 2. The van der Waals surface area contributed by atoms with E-state index in [1.807, 2.05) is 6.07 Å². The molecule has 1 heterocycles. The van der Waals surface area contributed by atoms with E-state index in [4.69, 9.17) is 5.26 Å². The molecule has 1 unspecified atom stereocenters. The summed E-state index contributed by atoms with van der Waals surface area (Å²) in [5.74, 6) is 0.939. The van der Waals surface area contributed by atoms with Crippen molar-refractivity contribution in [3.8, 4) is 6.07 Å². The molecule has 5 nitrogen and oxygen atoms in total. The molecule has 1 N–H and O–H groups in total. The predicted octanol–water partition coefficient (Wildman–Crippen LogP) is 0.139. The highest BCUT2D eigenvalue weighted by molar-refractivity contribution is 7.84. The second kappa shape index (κ2) is 5.29. The molecule has 0 bridgehead atoms. The number of nitrogens with one attached hydrogen (secondary N) is 1. The molecule has 1 aromatic rings. The SMILES string of the molecule is CS(=O)CCNc1nccc(C#N)n1. The first kappa shape index (κ1) is 10.6. The summed E-state index contributed by atoms with van der Waals surface area (Å²) in [5, 5.41) is 11.4. The number of hydrogen-bond donors (Lipinski definition) is 1. The fourth-order valence-corrected chi connectivity index (χ4v) is 1.20. The summed E-state index contributed by atoms with van der Waals surface area (Å²) in [7, 11) is -0.829. The normalized spacial score (nSPS) is 11.7. The highest BCUT2D eigenvalue weighted by Crippen LogP contribution is 1.98. The monoisotopic (exact) mass is 210 g/mol. The fourth-order valence-electron chi connectivity index (χ4n) is 0.813. The first-order valence-corrected chi connectivity index (χ1v) is 5.72. The summed E-state index contributed by atoms with van der Waals surface area (Å²) in [6.07, 6.45) is 3.14. The van der Waals surface area contributed by atoms with E-state index in [-0.39, 0.29) is 0 Å². The number of rotatable bonds is 4. The molecule has 0 aromatic carbocycles. The van der Waals surface area contributed by atoms with Crippen LogP contribution in [0.15, 0.2) is 12.3 Å². The molecule has 0 aliphatic rings. The molecule has 0 saturated carbocycles. The van der Waals surface area contributed by atoms with Crippen LogP contribution in [0.25, 0.3) is 0 Å². The average Bonchev–Trinajstić information content (AvgIpc) is 2.18. The van der Waals surface area contributed by atoms with Crippen molar-refractivity contribution >= 4 is 16.7 Å². The number of nitriles is 1. The molecule has 6 heteroatoms. The molecule has 1 atom stereocenters. The van der Waals surface area contributed by atoms with Crippen LogP contribution < -0.4 is 5.32 Å². The molecule has 1 rings (SSSR count).